The normalized spacial score (nSPS) is 49.5. The van der Waals surface area contributed by atoms with Crippen molar-refractivity contribution in [3.05, 3.63) is 11.6 Å². The molecule has 6 heteroatoms. The maximum absolute atomic E-state index is 12.9. The lowest BCUT2D eigenvalue weighted by Gasteiger charge is -2.71. The van der Waals surface area contributed by atoms with Gasteiger partial charge in [-0.05, 0) is 104 Å². The monoisotopic (exact) mass is 511 g/mol. The summed E-state index contributed by atoms with van der Waals surface area (Å²) >= 11 is 0. The Morgan fingerprint density at radius 3 is 2.35 bits per heavy atom. The summed E-state index contributed by atoms with van der Waals surface area (Å²) in [6, 6.07) is -0.605. The number of carboxylic acids is 1. The highest BCUT2D eigenvalue weighted by atomic mass is 16.4. The summed E-state index contributed by atoms with van der Waals surface area (Å²) in [5.41, 5.74) is 10.0. The van der Waals surface area contributed by atoms with Crippen LogP contribution in [0.1, 0.15) is 106 Å². The van der Waals surface area contributed by atoms with Crippen molar-refractivity contribution in [2.45, 2.75) is 106 Å². The van der Waals surface area contributed by atoms with E-state index < -0.39 is 17.4 Å². The van der Waals surface area contributed by atoms with Gasteiger partial charge in [-0.1, -0.05) is 60.1 Å². The van der Waals surface area contributed by atoms with E-state index in [0.29, 0.717) is 23.7 Å². The molecular formula is C31H49N3O3. The van der Waals surface area contributed by atoms with Crippen LogP contribution in [0.15, 0.2) is 16.8 Å². The number of carboxylic acid groups (broad SMARTS) is 1. The van der Waals surface area contributed by atoms with Crippen LogP contribution in [0.25, 0.3) is 0 Å². The number of hydrogen-bond donors (Lipinski definition) is 3. The van der Waals surface area contributed by atoms with Crippen molar-refractivity contribution in [2.24, 2.45) is 67.5 Å². The van der Waals surface area contributed by atoms with Crippen molar-refractivity contribution in [3.63, 3.8) is 0 Å². The highest BCUT2D eigenvalue weighted by Crippen LogP contribution is 2.75. The minimum Gasteiger partial charge on any atom is -0.481 e. The topological polar surface area (TPSA) is 105 Å². The number of hydrogen-bond acceptors (Lipinski definition) is 3. The average Bonchev–Trinajstić information content (AvgIpc) is 2.80. The second kappa shape index (κ2) is 8.32. The van der Waals surface area contributed by atoms with Crippen molar-refractivity contribution in [1.29, 1.82) is 0 Å². The lowest BCUT2D eigenvalue weighted by molar-refractivity contribution is -0.180. The summed E-state index contributed by atoms with van der Waals surface area (Å²) in [6.07, 6.45) is 11.5. The molecule has 0 saturated heterocycles. The zero-order valence-electron chi connectivity index (χ0n) is 24.1. The lowest BCUT2D eigenvalue weighted by Crippen LogP contribution is -2.65. The van der Waals surface area contributed by atoms with Gasteiger partial charge in [-0.2, -0.15) is 5.10 Å². The van der Waals surface area contributed by atoms with E-state index in [1.165, 1.54) is 5.57 Å². The van der Waals surface area contributed by atoms with E-state index in [1.807, 2.05) is 0 Å². The number of allylic oxidation sites excluding steroid dienone is 2. The van der Waals surface area contributed by atoms with E-state index in [1.54, 1.807) is 0 Å². The second-order valence-corrected chi connectivity index (χ2v) is 14.9. The van der Waals surface area contributed by atoms with E-state index in [-0.39, 0.29) is 27.6 Å². The third kappa shape index (κ3) is 3.38. The van der Waals surface area contributed by atoms with Gasteiger partial charge in [0.05, 0.1) is 5.41 Å². The Balaban J connectivity index is 1.56. The highest BCUT2D eigenvalue weighted by molar-refractivity contribution is 5.91. The molecule has 0 aromatic heterocycles. The molecule has 9 atom stereocenters. The number of nitrogens with two attached hydrogens (primary N) is 1. The maximum atomic E-state index is 12.9. The Kier molecular flexibility index (Phi) is 6.02. The van der Waals surface area contributed by atoms with Gasteiger partial charge in [0.15, 0.2) is 0 Å². The first-order valence-electron chi connectivity index (χ1n) is 14.7. The van der Waals surface area contributed by atoms with Gasteiger partial charge in [0, 0.05) is 11.1 Å². The summed E-state index contributed by atoms with van der Waals surface area (Å²) < 4.78 is 0. The number of primary amides is 1. The molecule has 0 unspecified atom stereocenters. The Hall–Kier alpha value is -1.85. The van der Waals surface area contributed by atoms with Gasteiger partial charge in [0.25, 0.3) is 0 Å². The molecule has 0 radical (unpaired) electrons. The molecule has 37 heavy (non-hydrogen) atoms. The van der Waals surface area contributed by atoms with Crippen molar-refractivity contribution in [3.8, 4) is 0 Å². The van der Waals surface area contributed by atoms with Crippen molar-refractivity contribution < 1.29 is 14.7 Å². The fraction of sp³-hybridized carbons (Fsp3) is 0.839. The first-order valence-corrected chi connectivity index (χ1v) is 14.7. The largest absolute Gasteiger partial charge is 0.481 e. The van der Waals surface area contributed by atoms with Crippen LogP contribution < -0.4 is 11.2 Å². The molecule has 4 fully saturated rings. The first-order chi connectivity index (χ1) is 17.1. The smallest absolute Gasteiger partial charge is 0.332 e. The summed E-state index contributed by atoms with van der Waals surface area (Å²) in [5.74, 6) is 1.57. The molecular weight excluding hydrogens is 462 g/mol. The van der Waals surface area contributed by atoms with Gasteiger partial charge >= 0.3 is 12.0 Å². The molecule has 5 aliphatic carbocycles. The van der Waals surface area contributed by atoms with Crippen LogP contribution >= 0.6 is 0 Å². The number of urea groups is 1. The zero-order valence-corrected chi connectivity index (χ0v) is 24.1. The van der Waals surface area contributed by atoms with Crippen molar-refractivity contribution >= 4 is 17.7 Å². The highest BCUT2D eigenvalue weighted by Gasteiger charge is 2.69. The molecule has 4 saturated carbocycles. The van der Waals surface area contributed by atoms with Gasteiger partial charge in [0.2, 0.25) is 0 Å². The lowest BCUT2D eigenvalue weighted by atomic mass is 9.33. The van der Waals surface area contributed by atoms with Crippen LogP contribution in [0, 0.1) is 56.7 Å². The Bertz CT molecular complexity index is 1060. The second-order valence-electron chi connectivity index (χ2n) is 14.9. The van der Waals surface area contributed by atoms with Crippen LogP contribution in [-0.2, 0) is 4.79 Å². The summed E-state index contributed by atoms with van der Waals surface area (Å²) in [7, 11) is 0. The third-order valence-electron chi connectivity index (χ3n) is 13.5. The minimum absolute atomic E-state index is 0.0326. The van der Waals surface area contributed by atoms with E-state index in [9.17, 15) is 14.7 Å². The maximum Gasteiger partial charge on any atom is 0.332 e. The molecule has 5 rings (SSSR count). The Morgan fingerprint density at radius 1 is 1.00 bits per heavy atom. The van der Waals surface area contributed by atoms with Gasteiger partial charge in [-0.25, -0.2) is 10.2 Å². The van der Waals surface area contributed by atoms with Gasteiger partial charge in [0.1, 0.15) is 0 Å². The van der Waals surface area contributed by atoms with Gasteiger partial charge in [-0.15, -0.1) is 0 Å². The predicted molar refractivity (Wildman–Crippen MR) is 147 cm³/mol. The number of aliphatic carboxylic acids is 1. The number of carbonyl (C=O) groups excluding carboxylic acids is 1. The molecule has 0 aromatic rings. The van der Waals surface area contributed by atoms with Crippen LogP contribution in [0.2, 0.25) is 0 Å². The van der Waals surface area contributed by atoms with Crippen LogP contribution in [0.4, 0.5) is 4.79 Å². The molecule has 5 aliphatic rings. The number of nitrogens with zero attached hydrogens (tertiary/aromatic N) is 1. The fourth-order valence-corrected chi connectivity index (χ4v) is 11.0. The van der Waals surface area contributed by atoms with Gasteiger partial charge in [-0.3, -0.25) is 4.79 Å². The fourth-order valence-electron chi connectivity index (χ4n) is 11.0. The molecule has 0 aromatic carbocycles. The summed E-state index contributed by atoms with van der Waals surface area (Å²) in [5, 5.41) is 15.0. The number of fused-ring (bicyclic) bond motifs is 7. The van der Waals surface area contributed by atoms with Gasteiger partial charge < -0.3 is 10.8 Å². The third-order valence-corrected chi connectivity index (χ3v) is 13.5. The molecule has 0 bridgehead atoms. The molecule has 0 heterocycles. The van der Waals surface area contributed by atoms with Crippen molar-refractivity contribution in [1.82, 2.24) is 5.43 Å². The Labute approximate surface area is 223 Å². The van der Waals surface area contributed by atoms with Crippen molar-refractivity contribution in [2.75, 3.05) is 0 Å². The number of amides is 2. The minimum atomic E-state index is -0.605. The Morgan fingerprint density at radius 2 is 1.70 bits per heavy atom. The number of rotatable bonds is 2. The van der Waals surface area contributed by atoms with E-state index in [2.05, 4.69) is 65.1 Å². The van der Waals surface area contributed by atoms with E-state index in [0.717, 1.165) is 63.5 Å². The average molecular weight is 512 g/mol. The van der Waals surface area contributed by atoms with Crippen LogP contribution in [0.3, 0.4) is 0 Å². The summed E-state index contributed by atoms with van der Waals surface area (Å²) in [6.45, 7) is 16.9. The quantitative estimate of drug-likeness (QED) is 0.282. The molecule has 0 aliphatic heterocycles. The molecule has 206 valence electrons. The first kappa shape index (κ1) is 26.7. The standard InChI is InChI=1S/C31H49N3O3/c1-18-10-15-31(25(35)36)17-16-29(6)20(24(31)19(18)2)8-9-22-28(5)13-12-23(33-34-26(32)37)27(3,4)21(28)11-14-30(22,29)7/h8,18-19,21-22,24H,9-17H2,1-7H3,(H,35,36)(H3,32,34,37)/b33-23+/t18-,19+,21+,22-,24+,28+,29-,30-,31+/m1/s1. The molecule has 0 spiro atoms. The molecule has 2 amide bonds. The summed E-state index contributed by atoms with van der Waals surface area (Å²) in [4.78, 5) is 24.2. The molecule has 4 N–H and O–H groups in total. The van der Waals surface area contributed by atoms with E-state index in [4.69, 9.17) is 5.73 Å². The van der Waals surface area contributed by atoms with E-state index >= 15 is 0 Å². The van der Waals surface area contributed by atoms with Crippen LogP contribution in [-0.4, -0.2) is 22.8 Å². The predicted octanol–water partition coefficient (Wildman–Crippen LogP) is 6.75. The number of nitrogens with one attached hydrogen (secondary N) is 1. The zero-order chi connectivity index (χ0) is 27.2. The number of hydrazone groups is 1. The molecule has 6 nitrogen and oxygen atoms in total. The van der Waals surface area contributed by atoms with Crippen LogP contribution in [0.5, 0.6) is 0 Å². The number of carbonyl (C=O) groups is 2. The SMILES string of the molecule is C[C@H]1[C@H](C)CC[C@]2(C(=O)O)CC[C@]3(C)C(=CC[C@@H]4[C@@]5(C)CC/C(=N\NC(N)=O)C(C)(C)[C@@H]5CC[C@]43C)[C@H]12.